The SMILES string of the molecule is N#CCc1nc(I)c(C(F)(F)F)cc1OC(F)(F)F. The smallest absolute Gasteiger partial charge is 0.404 e. The van der Waals surface area contributed by atoms with Crippen LogP contribution in [0.2, 0.25) is 0 Å². The van der Waals surface area contributed by atoms with Crippen molar-refractivity contribution in [3.05, 3.63) is 21.0 Å². The van der Waals surface area contributed by atoms with Crippen LogP contribution in [-0.2, 0) is 12.6 Å². The maximum absolute atomic E-state index is 12.5. The van der Waals surface area contributed by atoms with Gasteiger partial charge in [-0.05, 0) is 28.7 Å². The molecule has 0 spiro atoms. The van der Waals surface area contributed by atoms with Crippen LogP contribution in [0, 0.1) is 15.0 Å². The summed E-state index contributed by atoms with van der Waals surface area (Å²) in [5.41, 5.74) is -1.86. The van der Waals surface area contributed by atoms with E-state index in [1.807, 2.05) is 0 Å². The molecular formula is C9H3F6IN2O. The molecule has 0 N–H and O–H groups in total. The minimum atomic E-state index is -5.17. The molecule has 0 aromatic carbocycles. The van der Waals surface area contributed by atoms with E-state index in [0.29, 0.717) is 0 Å². The lowest BCUT2D eigenvalue weighted by Gasteiger charge is -2.15. The van der Waals surface area contributed by atoms with Crippen LogP contribution < -0.4 is 4.74 Å². The van der Waals surface area contributed by atoms with Gasteiger partial charge >= 0.3 is 12.5 Å². The topological polar surface area (TPSA) is 45.9 Å². The molecule has 0 fully saturated rings. The Bertz CT molecular complexity index is 519. The molecule has 10 heteroatoms. The third-order valence-corrected chi connectivity index (χ3v) is 2.62. The molecule has 0 radical (unpaired) electrons. The lowest BCUT2D eigenvalue weighted by atomic mass is 10.2. The molecule has 0 amide bonds. The summed E-state index contributed by atoms with van der Waals surface area (Å²) in [7, 11) is 0. The van der Waals surface area contributed by atoms with Crippen LogP contribution in [-0.4, -0.2) is 11.3 Å². The Hall–Kier alpha value is -1.25. The predicted molar refractivity (Wildman–Crippen MR) is 58.0 cm³/mol. The lowest BCUT2D eigenvalue weighted by molar-refractivity contribution is -0.275. The molecule has 1 rings (SSSR count). The van der Waals surface area contributed by atoms with Gasteiger partial charge in [0.15, 0.2) is 5.75 Å². The first-order valence-corrected chi connectivity index (χ1v) is 5.52. The summed E-state index contributed by atoms with van der Waals surface area (Å²) >= 11 is 1.23. The maximum atomic E-state index is 12.5. The fourth-order valence-electron chi connectivity index (χ4n) is 1.12. The zero-order chi connectivity index (χ0) is 14.8. The molecule has 19 heavy (non-hydrogen) atoms. The highest BCUT2D eigenvalue weighted by atomic mass is 127. The molecular weight excluding hydrogens is 393 g/mol. The van der Waals surface area contributed by atoms with E-state index >= 15 is 0 Å². The average Bonchev–Trinajstić information content (AvgIpc) is 2.18. The van der Waals surface area contributed by atoms with Crippen molar-refractivity contribution in [3.8, 4) is 11.8 Å². The molecule has 1 aromatic rings. The first kappa shape index (κ1) is 15.8. The zero-order valence-corrected chi connectivity index (χ0v) is 10.9. The van der Waals surface area contributed by atoms with Crippen molar-refractivity contribution in [2.75, 3.05) is 0 Å². The number of hydrogen-bond acceptors (Lipinski definition) is 3. The van der Waals surface area contributed by atoms with E-state index in [0.717, 1.165) is 0 Å². The molecule has 0 aliphatic rings. The summed E-state index contributed by atoms with van der Waals surface area (Å²) in [6.45, 7) is 0. The van der Waals surface area contributed by atoms with E-state index in [1.165, 1.54) is 28.7 Å². The van der Waals surface area contributed by atoms with Gasteiger partial charge in [0.05, 0.1) is 23.7 Å². The van der Waals surface area contributed by atoms with Crippen LogP contribution in [0.15, 0.2) is 6.07 Å². The summed E-state index contributed by atoms with van der Waals surface area (Å²) in [5.74, 6) is -1.12. The van der Waals surface area contributed by atoms with E-state index in [2.05, 4.69) is 9.72 Å². The van der Waals surface area contributed by atoms with Gasteiger partial charge in [-0.1, -0.05) is 0 Å². The third kappa shape index (κ3) is 4.41. The van der Waals surface area contributed by atoms with Gasteiger partial charge in [0.2, 0.25) is 0 Å². The zero-order valence-electron chi connectivity index (χ0n) is 8.73. The second-order valence-electron chi connectivity index (χ2n) is 3.15. The fraction of sp³-hybridized carbons (Fsp3) is 0.333. The van der Waals surface area contributed by atoms with Crippen molar-refractivity contribution in [1.82, 2.24) is 4.98 Å². The predicted octanol–water partition coefficient (Wildman–Crippen LogP) is 3.67. The highest BCUT2D eigenvalue weighted by Gasteiger charge is 2.38. The van der Waals surface area contributed by atoms with Gasteiger partial charge in [-0.3, -0.25) is 0 Å². The summed E-state index contributed by atoms with van der Waals surface area (Å²) < 4.78 is 76.7. The Morgan fingerprint density at radius 3 is 2.26 bits per heavy atom. The van der Waals surface area contributed by atoms with E-state index in [9.17, 15) is 26.3 Å². The van der Waals surface area contributed by atoms with E-state index in [1.54, 1.807) is 0 Å². The number of nitrogens with zero attached hydrogens (tertiary/aromatic N) is 2. The summed E-state index contributed by atoms with van der Waals surface area (Å²) in [4.78, 5) is 3.33. The Morgan fingerprint density at radius 2 is 1.84 bits per heavy atom. The number of aromatic nitrogens is 1. The summed E-state index contributed by atoms with van der Waals surface area (Å²) in [6, 6.07) is 1.69. The molecule has 0 bridgehead atoms. The quantitative estimate of drug-likeness (QED) is 0.436. The van der Waals surface area contributed by atoms with Crippen molar-refractivity contribution < 1.29 is 31.1 Å². The fourth-order valence-corrected chi connectivity index (χ4v) is 1.87. The van der Waals surface area contributed by atoms with Gasteiger partial charge in [-0.25, -0.2) is 4.98 Å². The highest BCUT2D eigenvalue weighted by Crippen LogP contribution is 2.36. The van der Waals surface area contributed by atoms with Gasteiger partial charge in [0, 0.05) is 0 Å². The molecule has 0 aliphatic heterocycles. The molecule has 0 aliphatic carbocycles. The van der Waals surface area contributed by atoms with Gasteiger partial charge in [-0.15, -0.1) is 13.2 Å². The van der Waals surface area contributed by atoms with Crippen molar-refractivity contribution in [2.24, 2.45) is 0 Å². The van der Waals surface area contributed by atoms with Gasteiger partial charge in [0.1, 0.15) is 3.70 Å². The average molecular weight is 396 g/mol. The highest BCUT2D eigenvalue weighted by molar-refractivity contribution is 14.1. The van der Waals surface area contributed by atoms with Crippen molar-refractivity contribution in [3.63, 3.8) is 0 Å². The standard InChI is InChI=1S/C9H3F6IN2O/c10-8(11,12)4-3-6(19-9(13,14)15)5(1-2-17)18-7(4)16/h3H,1H2. The Kier molecular flexibility index (Phi) is 4.49. The minimum Gasteiger partial charge on any atom is -0.404 e. The summed E-state index contributed by atoms with van der Waals surface area (Å²) in [6.07, 6.45) is -10.6. The largest absolute Gasteiger partial charge is 0.573 e. The normalized spacial score (nSPS) is 12.1. The Balaban J connectivity index is 3.36. The number of ether oxygens (including phenoxy) is 1. The van der Waals surface area contributed by atoms with Crippen LogP contribution in [0.25, 0.3) is 0 Å². The number of hydrogen-bond donors (Lipinski definition) is 0. The molecule has 1 heterocycles. The van der Waals surface area contributed by atoms with Crippen LogP contribution in [0.4, 0.5) is 26.3 Å². The van der Waals surface area contributed by atoms with Crippen LogP contribution >= 0.6 is 22.6 Å². The maximum Gasteiger partial charge on any atom is 0.573 e. The third-order valence-electron chi connectivity index (χ3n) is 1.79. The monoisotopic (exact) mass is 396 g/mol. The first-order chi connectivity index (χ1) is 8.54. The first-order valence-electron chi connectivity index (χ1n) is 4.44. The lowest BCUT2D eigenvalue weighted by Crippen LogP contribution is -2.20. The molecule has 0 unspecified atom stereocenters. The second kappa shape index (κ2) is 5.40. The van der Waals surface area contributed by atoms with E-state index in [-0.39, 0.29) is 6.07 Å². The number of alkyl halides is 6. The van der Waals surface area contributed by atoms with Crippen LogP contribution in [0.5, 0.6) is 5.75 Å². The Labute approximate surface area is 116 Å². The van der Waals surface area contributed by atoms with Crippen LogP contribution in [0.1, 0.15) is 11.3 Å². The number of nitriles is 1. The van der Waals surface area contributed by atoms with Crippen molar-refractivity contribution in [1.29, 1.82) is 5.26 Å². The molecule has 0 saturated carbocycles. The number of pyridine rings is 1. The van der Waals surface area contributed by atoms with Gasteiger partial charge < -0.3 is 4.74 Å². The molecule has 1 aromatic heterocycles. The van der Waals surface area contributed by atoms with Crippen molar-refractivity contribution >= 4 is 22.6 Å². The Morgan fingerprint density at radius 1 is 1.26 bits per heavy atom. The van der Waals surface area contributed by atoms with Crippen molar-refractivity contribution in [2.45, 2.75) is 19.0 Å². The number of halogens is 7. The van der Waals surface area contributed by atoms with Crippen LogP contribution in [0.3, 0.4) is 0 Å². The number of rotatable bonds is 2. The van der Waals surface area contributed by atoms with E-state index < -0.39 is 39.7 Å². The summed E-state index contributed by atoms with van der Waals surface area (Å²) in [5, 5.41) is 8.41. The van der Waals surface area contributed by atoms with Gasteiger partial charge in [0.25, 0.3) is 0 Å². The minimum absolute atomic E-state index is 0.189. The molecule has 0 atom stereocenters. The molecule has 0 saturated heterocycles. The molecule has 104 valence electrons. The second-order valence-corrected chi connectivity index (χ2v) is 4.17. The van der Waals surface area contributed by atoms with E-state index in [4.69, 9.17) is 5.26 Å². The molecule has 3 nitrogen and oxygen atoms in total. The van der Waals surface area contributed by atoms with Gasteiger partial charge in [-0.2, -0.15) is 18.4 Å².